The Hall–Kier alpha value is -3.88. The molecule has 3 N–H and O–H groups in total. The van der Waals surface area contributed by atoms with Crippen molar-refractivity contribution in [2.45, 2.75) is 26.2 Å². The number of esters is 1. The van der Waals surface area contributed by atoms with E-state index in [4.69, 9.17) is 9.47 Å². The minimum absolute atomic E-state index is 0.0732. The van der Waals surface area contributed by atoms with Crippen LogP contribution in [0.3, 0.4) is 0 Å². The number of benzene rings is 2. The van der Waals surface area contributed by atoms with E-state index in [9.17, 15) is 19.2 Å². The van der Waals surface area contributed by atoms with Gasteiger partial charge in [0.2, 0.25) is 11.8 Å². The molecule has 9 nitrogen and oxygen atoms in total. The van der Waals surface area contributed by atoms with E-state index >= 15 is 0 Å². The van der Waals surface area contributed by atoms with E-state index in [-0.39, 0.29) is 26.3 Å². The minimum Gasteiger partial charge on any atom is -0.460 e. The van der Waals surface area contributed by atoms with Crippen molar-refractivity contribution in [2.75, 3.05) is 13.1 Å². The summed E-state index contributed by atoms with van der Waals surface area (Å²) in [5, 5.41) is 7.10. The predicted molar refractivity (Wildman–Crippen MR) is 111 cm³/mol. The number of hydrogen-bond donors (Lipinski definition) is 3. The third kappa shape index (κ3) is 9.44. The highest BCUT2D eigenvalue weighted by Crippen LogP contribution is 2.01. The first kappa shape index (κ1) is 23.4. The van der Waals surface area contributed by atoms with Crippen LogP contribution in [0.2, 0.25) is 0 Å². The number of amides is 3. The Morgan fingerprint density at radius 3 is 1.90 bits per heavy atom. The third-order valence-electron chi connectivity index (χ3n) is 4.04. The van der Waals surface area contributed by atoms with E-state index in [1.165, 1.54) is 6.92 Å². The van der Waals surface area contributed by atoms with Gasteiger partial charge in [0, 0.05) is 0 Å². The van der Waals surface area contributed by atoms with Crippen molar-refractivity contribution >= 4 is 23.9 Å². The zero-order chi connectivity index (χ0) is 22.5. The molecule has 0 aliphatic heterocycles. The maximum absolute atomic E-state index is 12.0. The first-order valence-corrected chi connectivity index (χ1v) is 9.65. The van der Waals surface area contributed by atoms with Crippen LogP contribution in [-0.4, -0.2) is 43.0 Å². The molecule has 0 bridgehead atoms. The molecule has 1 unspecified atom stereocenters. The summed E-state index contributed by atoms with van der Waals surface area (Å²) in [5.74, 6) is -1.73. The molecule has 9 heteroatoms. The van der Waals surface area contributed by atoms with Crippen LogP contribution in [0.1, 0.15) is 18.1 Å². The molecule has 0 saturated heterocycles. The number of carbonyl (C=O) groups excluding carboxylic acids is 4. The Labute approximate surface area is 180 Å². The van der Waals surface area contributed by atoms with E-state index in [0.717, 1.165) is 11.1 Å². The number of hydrogen-bond acceptors (Lipinski definition) is 6. The van der Waals surface area contributed by atoms with Gasteiger partial charge < -0.3 is 25.4 Å². The Morgan fingerprint density at radius 1 is 0.774 bits per heavy atom. The molecule has 3 amide bonds. The maximum Gasteiger partial charge on any atom is 0.408 e. The molecule has 0 aliphatic carbocycles. The van der Waals surface area contributed by atoms with Crippen molar-refractivity contribution < 1.29 is 28.7 Å². The summed E-state index contributed by atoms with van der Waals surface area (Å²) in [5.41, 5.74) is 1.65. The van der Waals surface area contributed by atoms with Gasteiger partial charge in [-0.25, -0.2) is 4.79 Å². The standard InChI is InChI=1S/C22H25N3O6/c1-16(25-22(29)31-15-18-10-6-3-7-11-18)21(28)24-12-19(26)23-13-20(27)30-14-17-8-4-2-5-9-17/h2-11,16H,12-15H2,1H3,(H,23,26)(H,24,28)(H,25,29). The fraction of sp³-hybridized carbons (Fsp3) is 0.273. The highest BCUT2D eigenvalue weighted by molar-refractivity contribution is 5.90. The number of ether oxygens (including phenoxy) is 2. The van der Waals surface area contributed by atoms with Gasteiger partial charge in [0.1, 0.15) is 25.8 Å². The molecule has 2 aromatic carbocycles. The summed E-state index contributed by atoms with van der Waals surface area (Å²) in [6, 6.07) is 17.3. The third-order valence-corrected chi connectivity index (χ3v) is 4.04. The van der Waals surface area contributed by atoms with Crippen LogP contribution in [0, 0.1) is 0 Å². The number of carbonyl (C=O) groups is 4. The van der Waals surface area contributed by atoms with Gasteiger partial charge in [0.15, 0.2) is 0 Å². The van der Waals surface area contributed by atoms with Gasteiger partial charge in [-0.1, -0.05) is 60.7 Å². The molecule has 164 valence electrons. The lowest BCUT2D eigenvalue weighted by Gasteiger charge is -2.14. The molecule has 0 aromatic heterocycles. The maximum atomic E-state index is 12.0. The van der Waals surface area contributed by atoms with Crippen molar-refractivity contribution in [2.24, 2.45) is 0 Å². The predicted octanol–water partition coefficient (Wildman–Crippen LogP) is 1.28. The van der Waals surface area contributed by atoms with E-state index in [1.54, 1.807) is 12.1 Å². The molecule has 0 radical (unpaired) electrons. The number of alkyl carbamates (subject to hydrolysis) is 1. The van der Waals surface area contributed by atoms with E-state index < -0.39 is 29.9 Å². The van der Waals surface area contributed by atoms with Crippen molar-refractivity contribution in [1.29, 1.82) is 0 Å². The van der Waals surface area contributed by atoms with Gasteiger partial charge in [-0.3, -0.25) is 14.4 Å². The lowest BCUT2D eigenvalue weighted by molar-refractivity contribution is -0.145. The lowest BCUT2D eigenvalue weighted by Crippen LogP contribution is -2.48. The summed E-state index contributed by atoms with van der Waals surface area (Å²) in [6.45, 7) is 0.967. The molecular weight excluding hydrogens is 402 g/mol. The zero-order valence-electron chi connectivity index (χ0n) is 17.1. The Balaban J connectivity index is 1.59. The second kappa shape index (κ2) is 12.6. The molecule has 0 fully saturated rings. The SMILES string of the molecule is CC(NC(=O)OCc1ccccc1)C(=O)NCC(=O)NCC(=O)OCc1ccccc1. The normalized spacial score (nSPS) is 11.0. The molecule has 0 spiro atoms. The summed E-state index contributed by atoms with van der Waals surface area (Å²) >= 11 is 0. The highest BCUT2D eigenvalue weighted by atomic mass is 16.5. The van der Waals surface area contributed by atoms with Crippen LogP contribution >= 0.6 is 0 Å². The minimum atomic E-state index is -0.910. The van der Waals surface area contributed by atoms with E-state index in [2.05, 4.69) is 16.0 Å². The van der Waals surface area contributed by atoms with Crippen LogP contribution in [0.25, 0.3) is 0 Å². The summed E-state index contributed by atoms with van der Waals surface area (Å²) in [7, 11) is 0. The topological polar surface area (TPSA) is 123 Å². The fourth-order valence-electron chi connectivity index (χ4n) is 2.35. The first-order valence-electron chi connectivity index (χ1n) is 9.65. The van der Waals surface area contributed by atoms with Crippen LogP contribution in [0.15, 0.2) is 60.7 Å². The molecule has 1 atom stereocenters. The van der Waals surface area contributed by atoms with E-state index in [1.807, 2.05) is 48.5 Å². The van der Waals surface area contributed by atoms with Crippen LogP contribution in [0.5, 0.6) is 0 Å². The van der Waals surface area contributed by atoms with Crippen molar-refractivity contribution in [1.82, 2.24) is 16.0 Å². The second-order valence-corrected chi connectivity index (χ2v) is 6.57. The number of nitrogens with one attached hydrogen (secondary N) is 3. The smallest absolute Gasteiger partial charge is 0.408 e. The van der Waals surface area contributed by atoms with Crippen LogP contribution in [0.4, 0.5) is 4.79 Å². The summed E-state index contributed by atoms with van der Waals surface area (Å²) in [6.07, 6.45) is -0.753. The molecule has 0 aliphatic rings. The average Bonchev–Trinajstić information content (AvgIpc) is 2.79. The quantitative estimate of drug-likeness (QED) is 0.491. The molecule has 2 rings (SSSR count). The van der Waals surface area contributed by atoms with Gasteiger partial charge in [0.05, 0.1) is 6.54 Å². The average molecular weight is 427 g/mol. The van der Waals surface area contributed by atoms with Crippen molar-refractivity contribution in [3.8, 4) is 0 Å². The van der Waals surface area contributed by atoms with Crippen LogP contribution < -0.4 is 16.0 Å². The molecular formula is C22H25N3O6. The second-order valence-electron chi connectivity index (χ2n) is 6.57. The Bertz CT molecular complexity index is 873. The monoisotopic (exact) mass is 427 g/mol. The zero-order valence-corrected chi connectivity index (χ0v) is 17.1. The van der Waals surface area contributed by atoms with Gasteiger partial charge in [-0.2, -0.15) is 0 Å². The molecule has 0 saturated carbocycles. The van der Waals surface area contributed by atoms with Gasteiger partial charge in [-0.15, -0.1) is 0 Å². The Morgan fingerprint density at radius 2 is 1.32 bits per heavy atom. The Kier molecular flexibility index (Phi) is 9.54. The molecule has 31 heavy (non-hydrogen) atoms. The van der Waals surface area contributed by atoms with Crippen LogP contribution in [-0.2, 0) is 37.1 Å². The lowest BCUT2D eigenvalue weighted by atomic mass is 10.2. The largest absolute Gasteiger partial charge is 0.460 e. The number of rotatable bonds is 10. The highest BCUT2D eigenvalue weighted by Gasteiger charge is 2.17. The summed E-state index contributed by atoms with van der Waals surface area (Å²) < 4.78 is 10.1. The van der Waals surface area contributed by atoms with E-state index in [0.29, 0.717) is 0 Å². The molecule has 2 aromatic rings. The first-order chi connectivity index (χ1) is 14.9. The van der Waals surface area contributed by atoms with Gasteiger partial charge in [0.25, 0.3) is 0 Å². The van der Waals surface area contributed by atoms with Gasteiger partial charge in [-0.05, 0) is 18.1 Å². The fourth-order valence-corrected chi connectivity index (χ4v) is 2.35. The summed E-state index contributed by atoms with van der Waals surface area (Å²) in [4.78, 5) is 47.2. The van der Waals surface area contributed by atoms with Crippen molar-refractivity contribution in [3.63, 3.8) is 0 Å². The molecule has 0 heterocycles. The van der Waals surface area contributed by atoms with Crippen molar-refractivity contribution in [3.05, 3.63) is 71.8 Å². The van der Waals surface area contributed by atoms with Gasteiger partial charge >= 0.3 is 12.1 Å².